The van der Waals surface area contributed by atoms with Crippen molar-refractivity contribution in [2.24, 2.45) is 0 Å². The highest BCUT2D eigenvalue weighted by atomic mass is 16.5. The van der Waals surface area contributed by atoms with Crippen molar-refractivity contribution < 1.29 is 23.8 Å². The van der Waals surface area contributed by atoms with Crippen LogP contribution in [-0.4, -0.2) is 23.6 Å². The molecular weight excluding hydrogens is 310 g/mol. The smallest absolute Gasteiger partial charge is 0.339 e. The molecule has 0 spiro atoms. The second kappa shape index (κ2) is 7.68. The van der Waals surface area contributed by atoms with Gasteiger partial charge in [0.05, 0.1) is 6.61 Å². The van der Waals surface area contributed by atoms with Crippen LogP contribution in [0.5, 0.6) is 5.75 Å². The SMILES string of the molecule is CCOc1cc(C)ccc1CNC(=O)c1cc(C(=O)O)c(CC)o1. The van der Waals surface area contributed by atoms with Gasteiger partial charge in [-0.1, -0.05) is 19.1 Å². The fourth-order valence-electron chi connectivity index (χ4n) is 2.34. The van der Waals surface area contributed by atoms with Crippen LogP contribution < -0.4 is 10.1 Å². The van der Waals surface area contributed by atoms with Crippen LogP contribution in [0.25, 0.3) is 0 Å². The van der Waals surface area contributed by atoms with Crippen molar-refractivity contribution >= 4 is 11.9 Å². The molecule has 6 nitrogen and oxygen atoms in total. The van der Waals surface area contributed by atoms with Crippen molar-refractivity contribution in [2.75, 3.05) is 6.61 Å². The van der Waals surface area contributed by atoms with Gasteiger partial charge in [0.2, 0.25) is 0 Å². The molecule has 1 aromatic carbocycles. The molecule has 0 radical (unpaired) electrons. The van der Waals surface area contributed by atoms with E-state index in [0.717, 1.165) is 16.9 Å². The summed E-state index contributed by atoms with van der Waals surface area (Å²) in [4.78, 5) is 23.4. The number of ether oxygens (including phenoxy) is 1. The first-order valence-corrected chi connectivity index (χ1v) is 7.82. The molecule has 0 aliphatic carbocycles. The number of aromatic carboxylic acids is 1. The molecule has 2 rings (SSSR count). The van der Waals surface area contributed by atoms with Crippen molar-refractivity contribution in [3.63, 3.8) is 0 Å². The van der Waals surface area contributed by atoms with Crippen LogP contribution in [-0.2, 0) is 13.0 Å². The topological polar surface area (TPSA) is 88.8 Å². The predicted octanol–water partition coefficient (Wildman–Crippen LogP) is 3.18. The molecule has 0 bridgehead atoms. The van der Waals surface area contributed by atoms with E-state index in [1.807, 2.05) is 32.0 Å². The van der Waals surface area contributed by atoms with Gasteiger partial charge in [-0.15, -0.1) is 0 Å². The fraction of sp³-hybridized carbons (Fsp3) is 0.333. The lowest BCUT2D eigenvalue weighted by Gasteiger charge is -2.11. The van der Waals surface area contributed by atoms with E-state index in [1.54, 1.807) is 6.92 Å². The van der Waals surface area contributed by atoms with Crippen molar-refractivity contribution in [3.8, 4) is 5.75 Å². The summed E-state index contributed by atoms with van der Waals surface area (Å²) in [6.07, 6.45) is 0.404. The highest BCUT2D eigenvalue weighted by Crippen LogP contribution is 2.21. The second-order valence-corrected chi connectivity index (χ2v) is 5.33. The van der Waals surface area contributed by atoms with Crippen LogP contribution >= 0.6 is 0 Å². The Labute approximate surface area is 140 Å². The van der Waals surface area contributed by atoms with Gasteiger partial charge in [0.1, 0.15) is 17.1 Å². The summed E-state index contributed by atoms with van der Waals surface area (Å²) < 4.78 is 10.9. The first-order valence-electron chi connectivity index (χ1n) is 7.82. The second-order valence-electron chi connectivity index (χ2n) is 5.33. The van der Waals surface area contributed by atoms with E-state index >= 15 is 0 Å². The quantitative estimate of drug-likeness (QED) is 0.813. The Kier molecular flexibility index (Phi) is 5.63. The van der Waals surface area contributed by atoms with E-state index in [0.29, 0.717) is 13.0 Å². The Morgan fingerprint density at radius 3 is 2.58 bits per heavy atom. The Morgan fingerprint density at radius 1 is 1.25 bits per heavy atom. The Bertz CT molecular complexity index is 748. The van der Waals surface area contributed by atoms with Gasteiger partial charge in [0.25, 0.3) is 5.91 Å². The molecule has 0 unspecified atom stereocenters. The van der Waals surface area contributed by atoms with Gasteiger partial charge in [-0.3, -0.25) is 4.79 Å². The molecule has 1 amide bonds. The van der Waals surface area contributed by atoms with E-state index in [4.69, 9.17) is 14.3 Å². The van der Waals surface area contributed by atoms with Crippen molar-refractivity contribution in [3.05, 3.63) is 52.5 Å². The van der Waals surface area contributed by atoms with Gasteiger partial charge in [-0.05, 0) is 25.5 Å². The Balaban J connectivity index is 2.12. The maximum Gasteiger partial charge on any atom is 0.339 e. The molecule has 0 aliphatic rings. The molecule has 24 heavy (non-hydrogen) atoms. The summed E-state index contributed by atoms with van der Waals surface area (Å²) in [5.74, 6) is -0.558. The van der Waals surface area contributed by atoms with E-state index in [1.165, 1.54) is 6.07 Å². The average Bonchev–Trinajstić information content (AvgIpc) is 2.99. The van der Waals surface area contributed by atoms with Crippen LogP contribution in [0.4, 0.5) is 0 Å². The van der Waals surface area contributed by atoms with E-state index < -0.39 is 11.9 Å². The minimum absolute atomic E-state index is 0.00526. The lowest BCUT2D eigenvalue weighted by atomic mass is 10.1. The maximum absolute atomic E-state index is 12.2. The molecule has 2 N–H and O–H groups in total. The third-order valence-electron chi connectivity index (χ3n) is 3.55. The fourth-order valence-corrected chi connectivity index (χ4v) is 2.34. The van der Waals surface area contributed by atoms with Gasteiger partial charge in [0, 0.05) is 24.6 Å². The van der Waals surface area contributed by atoms with Crippen molar-refractivity contribution in [1.82, 2.24) is 5.32 Å². The molecule has 6 heteroatoms. The summed E-state index contributed by atoms with van der Waals surface area (Å²) in [7, 11) is 0. The first-order chi connectivity index (χ1) is 11.5. The third-order valence-corrected chi connectivity index (χ3v) is 3.55. The van der Waals surface area contributed by atoms with E-state index in [-0.39, 0.29) is 23.6 Å². The van der Waals surface area contributed by atoms with Gasteiger partial charge >= 0.3 is 5.97 Å². The summed E-state index contributed by atoms with van der Waals surface area (Å²) >= 11 is 0. The molecule has 0 saturated carbocycles. The number of hydrogen-bond donors (Lipinski definition) is 2. The first kappa shape index (κ1) is 17.6. The molecule has 1 heterocycles. The standard InChI is InChI=1S/C18H21NO5/c1-4-14-13(18(21)22)9-16(24-14)17(20)19-10-12-7-6-11(3)8-15(12)23-5-2/h6-9H,4-5,10H2,1-3H3,(H,19,20)(H,21,22). The van der Waals surface area contributed by atoms with Crippen LogP contribution in [0.2, 0.25) is 0 Å². The number of aryl methyl sites for hydroxylation is 2. The minimum Gasteiger partial charge on any atom is -0.494 e. The van der Waals surface area contributed by atoms with E-state index in [2.05, 4.69) is 5.32 Å². The van der Waals surface area contributed by atoms with Crippen LogP contribution in [0, 0.1) is 6.92 Å². The summed E-state index contributed by atoms with van der Waals surface area (Å²) in [6, 6.07) is 7.00. The van der Waals surface area contributed by atoms with Crippen LogP contribution in [0.15, 0.2) is 28.7 Å². The third kappa shape index (κ3) is 3.95. The highest BCUT2D eigenvalue weighted by Gasteiger charge is 2.20. The molecule has 0 fully saturated rings. The van der Waals surface area contributed by atoms with Crippen molar-refractivity contribution in [1.29, 1.82) is 0 Å². The van der Waals surface area contributed by atoms with Gasteiger partial charge in [0.15, 0.2) is 5.76 Å². The lowest BCUT2D eigenvalue weighted by molar-refractivity contribution is 0.0694. The van der Waals surface area contributed by atoms with Gasteiger partial charge in [-0.25, -0.2) is 4.79 Å². The molecule has 1 aromatic heterocycles. The van der Waals surface area contributed by atoms with Gasteiger partial charge < -0.3 is 19.6 Å². The maximum atomic E-state index is 12.2. The Morgan fingerprint density at radius 2 is 2.00 bits per heavy atom. The normalized spacial score (nSPS) is 10.5. The van der Waals surface area contributed by atoms with Crippen LogP contribution in [0.3, 0.4) is 0 Å². The zero-order valence-corrected chi connectivity index (χ0v) is 14.0. The highest BCUT2D eigenvalue weighted by molar-refractivity contribution is 5.96. The number of furan rings is 1. The van der Waals surface area contributed by atoms with Crippen molar-refractivity contribution in [2.45, 2.75) is 33.7 Å². The molecule has 128 valence electrons. The number of hydrogen-bond acceptors (Lipinski definition) is 4. The number of carboxylic acids is 1. The van der Waals surface area contributed by atoms with Crippen LogP contribution in [0.1, 0.15) is 51.6 Å². The zero-order chi connectivity index (χ0) is 17.7. The predicted molar refractivity (Wildman–Crippen MR) is 88.6 cm³/mol. The summed E-state index contributed by atoms with van der Waals surface area (Å²) in [6.45, 7) is 6.43. The summed E-state index contributed by atoms with van der Waals surface area (Å²) in [5, 5.41) is 11.8. The summed E-state index contributed by atoms with van der Waals surface area (Å²) in [5.41, 5.74) is 1.93. The minimum atomic E-state index is -1.10. The molecule has 0 saturated heterocycles. The number of nitrogens with one attached hydrogen (secondary N) is 1. The average molecular weight is 331 g/mol. The van der Waals surface area contributed by atoms with Gasteiger partial charge in [-0.2, -0.15) is 0 Å². The monoisotopic (exact) mass is 331 g/mol. The number of amides is 1. The number of rotatable bonds is 7. The molecule has 0 aliphatic heterocycles. The number of carbonyl (C=O) groups is 2. The molecular formula is C18H21NO5. The number of carbonyl (C=O) groups excluding carboxylic acids is 1. The largest absolute Gasteiger partial charge is 0.494 e. The zero-order valence-electron chi connectivity index (χ0n) is 14.0. The number of benzene rings is 1. The Hall–Kier alpha value is -2.76. The molecule has 0 atom stereocenters. The molecule has 2 aromatic rings. The number of carboxylic acid groups (broad SMARTS) is 1. The lowest BCUT2D eigenvalue weighted by Crippen LogP contribution is -2.22. The van der Waals surface area contributed by atoms with E-state index in [9.17, 15) is 9.59 Å².